The molecule has 4 heteroatoms. The molecule has 94 valence electrons. The highest BCUT2D eigenvalue weighted by atomic mass is 16.2. The Balaban J connectivity index is 2.36. The van der Waals surface area contributed by atoms with Crippen molar-refractivity contribution in [1.29, 1.82) is 0 Å². The molecule has 1 rings (SSSR count). The predicted octanol–water partition coefficient (Wildman–Crippen LogP) is 0.585. The SMILES string of the molecule is CCN(C)C(=O)C(C)NC1CCCNCC1. The summed E-state index contributed by atoms with van der Waals surface area (Å²) in [6, 6.07) is 0.423. The number of likely N-dealkylation sites (N-methyl/N-ethyl adjacent to an activating group) is 1. The summed E-state index contributed by atoms with van der Waals surface area (Å²) in [7, 11) is 1.86. The molecule has 4 nitrogen and oxygen atoms in total. The molecule has 1 amide bonds. The van der Waals surface area contributed by atoms with Crippen molar-refractivity contribution in [3.63, 3.8) is 0 Å². The van der Waals surface area contributed by atoms with Gasteiger partial charge in [-0.05, 0) is 46.2 Å². The summed E-state index contributed by atoms with van der Waals surface area (Å²) < 4.78 is 0. The van der Waals surface area contributed by atoms with Gasteiger partial charge in [0.25, 0.3) is 0 Å². The van der Waals surface area contributed by atoms with E-state index in [4.69, 9.17) is 0 Å². The zero-order chi connectivity index (χ0) is 12.0. The van der Waals surface area contributed by atoms with Crippen molar-refractivity contribution in [2.24, 2.45) is 0 Å². The number of hydrogen-bond acceptors (Lipinski definition) is 3. The highest BCUT2D eigenvalue weighted by molar-refractivity contribution is 5.81. The molecule has 2 unspecified atom stereocenters. The standard InChI is InChI=1S/C12H25N3O/c1-4-15(3)12(16)10(2)14-11-6-5-8-13-9-7-11/h10-11,13-14H,4-9H2,1-3H3. The Bertz CT molecular complexity index is 212. The largest absolute Gasteiger partial charge is 0.345 e. The van der Waals surface area contributed by atoms with Gasteiger partial charge in [0, 0.05) is 19.6 Å². The zero-order valence-electron chi connectivity index (χ0n) is 10.8. The summed E-state index contributed by atoms with van der Waals surface area (Å²) in [6.45, 7) is 6.90. The van der Waals surface area contributed by atoms with Crippen molar-refractivity contribution in [3.05, 3.63) is 0 Å². The Morgan fingerprint density at radius 3 is 2.94 bits per heavy atom. The second kappa shape index (κ2) is 6.86. The van der Waals surface area contributed by atoms with Crippen LogP contribution < -0.4 is 10.6 Å². The molecule has 16 heavy (non-hydrogen) atoms. The van der Waals surface area contributed by atoms with Gasteiger partial charge >= 0.3 is 0 Å². The average molecular weight is 227 g/mol. The molecule has 2 N–H and O–H groups in total. The van der Waals surface area contributed by atoms with Crippen LogP contribution in [-0.4, -0.2) is 49.6 Å². The first kappa shape index (κ1) is 13.5. The van der Waals surface area contributed by atoms with E-state index in [0.29, 0.717) is 6.04 Å². The number of amides is 1. The number of carbonyl (C=O) groups is 1. The highest BCUT2D eigenvalue weighted by Gasteiger charge is 2.20. The van der Waals surface area contributed by atoms with Crippen LogP contribution in [0.2, 0.25) is 0 Å². The van der Waals surface area contributed by atoms with Crippen LogP contribution in [-0.2, 0) is 4.79 Å². The predicted molar refractivity (Wildman–Crippen MR) is 66.4 cm³/mol. The van der Waals surface area contributed by atoms with Crippen LogP contribution in [0.5, 0.6) is 0 Å². The Kier molecular flexibility index (Phi) is 5.77. The number of hydrogen-bond donors (Lipinski definition) is 2. The van der Waals surface area contributed by atoms with E-state index in [1.54, 1.807) is 4.90 Å². The fourth-order valence-electron chi connectivity index (χ4n) is 2.10. The van der Waals surface area contributed by atoms with Gasteiger partial charge in [0.15, 0.2) is 0 Å². The zero-order valence-corrected chi connectivity index (χ0v) is 10.8. The summed E-state index contributed by atoms with van der Waals surface area (Å²) in [6.07, 6.45) is 3.48. The van der Waals surface area contributed by atoms with Gasteiger partial charge in [-0.2, -0.15) is 0 Å². The lowest BCUT2D eigenvalue weighted by Crippen LogP contribution is -2.47. The molecule has 2 atom stereocenters. The van der Waals surface area contributed by atoms with Gasteiger partial charge in [-0.1, -0.05) is 0 Å². The summed E-state index contributed by atoms with van der Waals surface area (Å²) in [4.78, 5) is 13.7. The van der Waals surface area contributed by atoms with Crippen molar-refractivity contribution in [2.75, 3.05) is 26.7 Å². The first-order chi connectivity index (χ1) is 7.65. The van der Waals surface area contributed by atoms with Crippen molar-refractivity contribution in [3.8, 4) is 0 Å². The molecular formula is C12H25N3O. The quantitative estimate of drug-likeness (QED) is 0.738. The van der Waals surface area contributed by atoms with Crippen LogP contribution in [0.25, 0.3) is 0 Å². The Morgan fingerprint density at radius 2 is 2.25 bits per heavy atom. The topological polar surface area (TPSA) is 44.4 Å². The van der Waals surface area contributed by atoms with E-state index < -0.39 is 0 Å². The first-order valence-electron chi connectivity index (χ1n) is 6.37. The third kappa shape index (κ3) is 4.10. The summed E-state index contributed by atoms with van der Waals surface area (Å²) >= 11 is 0. The van der Waals surface area contributed by atoms with Gasteiger partial charge in [0.1, 0.15) is 0 Å². The minimum atomic E-state index is -0.0620. The lowest BCUT2D eigenvalue weighted by atomic mass is 10.1. The molecule has 0 aromatic rings. The Morgan fingerprint density at radius 1 is 1.50 bits per heavy atom. The maximum atomic E-state index is 11.9. The maximum Gasteiger partial charge on any atom is 0.239 e. The van der Waals surface area contributed by atoms with Gasteiger partial charge in [-0.25, -0.2) is 0 Å². The molecule has 1 heterocycles. The molecule has 0 spiro atoms. The van der Waals surface area contributed by atoms with E-state index in [1.165, 1.54) is 12.8 Å². The average Bonchev–Trinajstić information content (AvgIpc) is 2.55. The lowest BCUT2D eigenvalue weighted by molar-refractivity contribution is -0.131. The Labute approximate surface area is 98.8 Å². The van der Waals surface area contributed by atoms with E-state index in [-0.39, 0.29) is 11.9 Å². The first-order valence-corrected chi connectivity index (χ1v) is 6.37. The fourth-order valence-corrected chi connectivity index (χ4v) is 2.10. The summed E-state index contributed by atoms with van der Waals surface area (Å²) in [5, 5.41) is 6.82. The Hall–Kier alpha value is -0.610. The van der Waals surface area contributed by atoms with E-state index in [2.05, 4.69) is 10.6 Å². The molecular weight excluding hydrogens is 202 g/mol. The number of nitrogens with zero attached hydrogens (tertiary/aromatic N) is 1. The van der Waals surface area contributed by atoms with Crippen LogP contribution >= 0.6 is 0 Å². The van der Waals surface area contributed by atoms with E-state index >= 15 is 0 Å². The number of rotatable bonds is 4. The van der Waals surface area contributed by atoms with E-state index in [0.717, 1.165) is 26.1 Å². The van der Waals surface area contributed by atoms with Crippen molar-refractivity contribution < 1.29 is 4.79 Å². The van der Waals surface area contributed by atoms with Crippen LogP contribution in [0.1, 0.15) is 33.1 Å². The molecule has 0 aromatic carbocycles. The smallest absolute Gasteiger partial charge is 0.239 e. The van der Waals surface area contributed by atoms with Gasteiger partial charge in [0.2, 0.25) is 5.91 Å². The van der Waals surface area contributed by atoms with Crippen LogP contribution in [0.15, 0.2) is 0 Å². The molecule has 1 saturated heterocycles. The van der Waals surface area contributed by atoms with Crippen molar-refractivity contribution in [1.82, 2.24) is 15.5 Å². The minimum Gasteiger partial charge on any atom is -0.345 e. The molecule has 0 bridgehead atoms. The van der Waals surface area contributed by atoms with Crippen LogP contribution in [0, 0.1) is 0 Å². The third-order valence-electron chi connectivity index (χ3n) is 3.28. The molecule has 0 radical (unpaired) electrons. The van der Waals surface area contributed by atoms with Gasteiger partial charge in [-0.3, -0.25) is 4.79 Å². The fraction of sp³-hybridized carbons (Fsp3) is 0.917. The van der Waals surface area contributed by atoms with Gasteiger partial charge in [-0.15, -0.1) is 0 Å². The van der Waals surface area contributed by atoms with Crippen LogP contribution in [0.4, 0.5) is 0 Å². The van der Waals surface area contributed by atoms with Gasteiger partial charge in [0.05, 0.1) is 6.04 Å². The molecule has 0 aromatic heterocycles. The highest BCUT2D eigenvalue weighted by Crippen LogP contribution is 2.06. The maximum absolute atomic E-state index is 11.9. The third-order valence-corrected chi connectivity index (χ3v) is 3.28. The number of carbonyl (C=O) groups excluding carboxylic acids is 1. The summed E-state index contributed by atoms with van der Waals surface area (Å²) in [5.41, 5.74) is 0. The molecule has 0 aliphatic carbocycles. The van der Waals surface area contributed by atoms with Gasteiger partial charge < -0.3 is 15.5 Å². The lowest BCUT2D eigenvalue weighted by Gasteiger charge is -2.25. The molecule has 1 aliphatic rings. The monoisotopic (exact) mass is 227 g/mol. The van der Waals surface area contributed by atoms with Crippen molar-refractivity contribution >= 4 is 5.91 Å². The molecule has 1 fully saturated rings. The van der Waals surface area contributed by atoms with E-state index in [1.807, 2.05) is 20.9 Å². The summed E-state index contributed by atoms with van der Waals surface area (Å²) in [5.74, 6) is 0.194. The van der Waals surface area contributed by atoms with Crippen molar-refractivity contribution in [2.45, 2.75) is 45.2 Å². The molecule has 1 aliphatic heterocycles. The second-order valence-electron chi connectivity index (χ2n) is 4.62. The molecule has 0 saturated carbocycles. The second-order valence-corrected chi connectivity index (χ2v) is 4.62. The van der Waals surface area contributed by atoms with E-state index in [9.17, 15) is 4.79 Å². The van der Waals surface area contributed by atoms with Crippen LogP contribution in [0.3, 0.4) is 0 Å². The minimum absolute atomic E-state index is 0.0620. The normalized spacial score (nSPS) is 23.6. The number of nitrogens with one attached hydrogen (secondary N) is 2.